The summed E-state index contributed by atoms with van der Waals surface area (Å²) in [7, 11) is 5.54. The van der Waals surface area contributed by atoms with Gasteiger partial charge in [-0.05, 0) is 12.6 Å². The van der Waals surface area contributed by atoms with E-state index in [1.54, 1.807) is 14.1 Å². The fourth-order valence-electron chi connectivity index (χ4n) is 2.43. The minimum absolute atomic E-state index is 0. The molecule has 2 rings (SSSR count). The second-order valence-corrected chi connectivity index (χ2v) is 5.43. The normalized spacial score (nSPS) is 17.9. The summed E-state index contributed by atoms with van der Waals surface area (Å²) in [6, 6.07) is 10.1. The first-order valence-corrected chi connectivity index (χ1v) is 6.68. The topological polar surface area (TPSA) is 32.8 Å². The van der Waals surface area contributed by atoms with Gasteiger partial charge < -0.3 is 14.5 Å². The Morgan fingerprint density at radius 2 is 1.75 bits per heavy atom. The van der Waals surface area contributed by atoms with E-state index in [0.717, 1.165) is 31.5 Å². The molecule has 0 radical (unpaired) electrons. The van der Waals surface area contributed by atoms with Crippen LogP contribution in [-0.2, 0) is 10.3 Å². The number of carbonyl (C=O) groups is 1. The van der Waals surface area contributed by atoms with Gasteiger partial charge in [0, 0.05) is 40.0 Å². The lowest BCUT2D eigenvalue weighted by Crippen LogP contribution is -2.45. The molecule has 5 heteroatoms. The van der Waals surface area contributed by atoms with E-state index in [0.29, 0.717) is 0 Å². The summed E-state index contributed by atoms with van der Waals surface area (Å²) in [4.78, 5) is 15.7. The van der Waals surface area contributed by atoms with Gasteiger partial charge in [0.1, 0.15) is 5.60 Å². The van der Waals surface area contributed by atoms with Crippen LogP contribution < -0.4 is 0 Å². The van der Waals surface area contributed by atoms with Crippen LogP contribution in [0.2, 0.25) is 0 Å². The van der Waals surface area contributed by atoms with Gasteiger partial charge in [-0.1, -0.05) is 30.3 Å². The third-order valence-corrected chi connectivity index (χ3v) is 3.74. The molecule has 0 aromatic heterocycles. The van der Waals surface area contributed by atoms with Crippen molar-refractivity contribution in [3.05, 3.63) is 35.9 Å². The van der Waals surface area contributed by atoms with E-state index in [1.165, 1.54) is 4.90 Å². The number of likely N-dealkylation sites (tertiary alicyclic amines) is 1. The van der Waals surface area contributed by atoms with Gasteiger partial charge in [-0.15, -0.1) is 12.4 Å². The summed E-state index contributed by atoms with van der Waals surface area (Å²) in [5.41, 5.74) is 0.619. The van der Waals surface area contributed by atoms with E-state index in [4.69, 9.17) is 4.74 Å². The molecular formula is C15H23ClN2O2. The second-order valence-electron chi connectivity index (χ2n) is 5.43. The summed E-state index contributed by atoms with van der Waals surface area (Å²) in [5.74, 6) is 0. The lowest BCUT2D eigenvalue weighted by molar-refractivity contribution is -0.0462. The van der Waals surface area contributed by atoms with Crippen molar-refractivity contribution < 1.29 is 9.53 Å². The first-order valence-electron chi connectivity index (χ1n) is 6.68. The molecule has 1 aromatic carbocycles. The molecule has 1 aliphatic heterocycles. The average molecular weight is 299 g/mol. The molecule has 0 aliphatic carbocycles. The molecule has 1 aliphatic rings. The number of halogens is 1. The lowest BCUT2D eigenvalue weighted by Gasteiger charge is -2.40. The second kappa shape index (κ2) is 6.95. The lowest BCUT2D eigenvalue weighted by atomic mass is 9.84. The van der Waals surface area contributed by atoms with Crippen LogP contribution in [0.1, 0.15) is 18.4 Å². The molecule has 112 valence electrons. The zero-order chi connectivity index (χ0) is 13.9. The minimum Gasteiger partial charge on any atom is -0.438 e. The fraction of sp³-hybridized carbons (Fsp3) is 0.533. The molecule has 0 bridgehead atoms. The van der Waals surface area contributed by atoms with Crippen LogP contribution in [0, 0.1) is 0 Å². The van der Waals surface area contributed by atoms with Gasteiger partial charge in [0.15, 0.2) is 0 Å². The maximum absolute atomic E-state index is 12.0. The Morgan fingerprint density at radius 3 is 2.25 bits per heavy atom. The Kier molecular flexibility index (Phi) is 5.84. The number of amides is 1. The van der Waals surface area contributed by atoms with Gasteiger partial charge in [0.2, 0.25) is 0 Å². The smallest absolute Gasteiger partial charge is 0.410 e. The predicted octanol–water partition coefficient (Wildman–Crippen LogP) is 2.73. The molecule has 4 nitrogen and oxygen atoms in total. The molecule has 0 saturated carbocycles. The fourth-order valence-corrected chi connectivity index (χ4v) is 2.43. The zero-order valence-corrected chi connectivity index (χ0v) is 13.2. The van der Waals surface area contributed by atoms with Crippen LogP contribution in [-0.4, -0.2) is 50.1 Å². The number of hydrogen-bond acceptors (Lipinski definition) is 3. The Balaban J connectivity index is 0.00000200. The van der Waals surface area contributed by atoms with Gasteiger partial charge in [0.05, 0.1) is 0 Å². The van der Waals surface area contributed by atoms with Gasteiger partial charge in [0.25, 0.3) is 0 Å². The summed E-state index contributed by atoms with van der Waals surface area (Å²) in [6.45, 7) is 1.88. The highest BCUT2D eigenvalue weighted by molar-refractivity contribution is 5.85. The number of piperidine rings is 1. The van der Waals surface area contributed by atoms with E-state index in [2.05, 4.69) is 11.9 Å². The Morgan fingerprint density at radius 1 is 1.20 bits per heavy atom. The quantitative estimate of drug-likeness (QED) is 0.841. The van der Waals surface area contributed by atoms with Crippen molar-refractivity contribution in [2.24, 2.45) is 0 Å². The number of ether oxygens (including phenoxy) is 1. The maximum atomic E-state index is 12.0. The molecule has 0 spiro atoms. The van der Waals surface area contributed by atoms with Crippen molar-refractivity contribution in [3.63, 3.8) is 0 Å². The predicted molar refractivity (Wildman–Crippen MR) is 82.3 cm³/mol. The SMILES string of the molecule is CN1CCC(OC(=O)N(C)C)(c2ccccc2)CC1.Cl. The molecule has 0 atom stereocenters. The summed E-state index contributed by atoms with van der Waals surface area (Å²) < 4.78 is 5.84. The monoisotopic (exact) mass is 298 g/mol. The van der Waals surface area contributed by atoms with Gasteiger partial charge in [-0.3, -0.25) is 0 Å². The molecule has 1 heterocycles. The molecule has 0 N–H and O–H groups in total. The summed E-state index contributed by atoms with van der Waals surface area (Å²) in [6.07, 6.45) is 1.41. The van der Waals surface area contributed by atoms with E-state index >= 15 is 0 Å². The standard InChI is InChI=1S/C15H22N2O2.ClH/c1-16(2)14(18)19-15(9-11-17(3)12-10-15)13-7-5-4-6-8-13;/h4-8H,9-12H2,1-3H3;1H. The first-order chi connectivity index (χ1) is 9.03. The van der Waals surface area contributed by atoms with Crippen LogP contribution in [0.3, 0.4) is 0 Å². The minimum atomic E-state index is -0.477. The Hall–Kier alpha value is -1.26. The Labute approximate surface area is 127 Å². The van der Waals surface area contributed by atoms with Crippen LogP contribution in [0.4, 0.5) is 4.79 Å². The van der Waals surface area contributed by atoms with Crippen molar-refractivity contribution >= 4 is 18.5 Å². The van der Waals surface area contributed by atoms with Crippen molar-refractivity contribution in [3.8, 4) is 0 Å². The molecular weight excluding hydrogens is 276 g/mol. The average Bonchev–Trinajstić information content (AvgIpc) is 2.42. The van der Waals surface area contributed by atoms with E-state index in [9.17, 15) is 4.79 Å². The molecule has 0 unspecified atom stereocenters. The summed E-state index contributed by atoms with van der Waals surface area (Å²) in [5, 5.41) is 0. The molecule has 1 saturated heterocycles. The summed E-state index contributed by atoms with van der Waals surface area (Å²) >= 11 is 0. The highest BCUT2D eigenvalue weighted by Crippen LogP contribution is 2.36. The zero-order valence-electron chi connectivity index (χ0n) is 12.3. The molecule has 1 fully saturated rings. The third-order valence-electron chi connectivity index (χ3n) is 3.74. The van der Waals surface area contributed by atoms with Gasteiger partial charge >= 0.3 is 6.09 Å². The Bertz CT molecular complexity index is 429. The number of hydrogen-bond donors (Lipinski definition) is 0. The molecule has 20 heavy (non-hydrogen) atoms. The third kappa shape index (κ3) is 3.64. The van der Waals surface area contributed by atoms with Crippen LogP contribution in [0.25, 0.3) is 0 Å². The van der Waals surface area contributed by atoms with Gasteiger partial charge in [-0.25, -0.2) is 4.79 Å². The van der Waals surface area contributed by atoms with Crippen molar-refractivity contribution in [1.29, 1.82) is 0 Å². The van der Waals surface area contributed by atoms with Crippen LogP contribution >= 0.6 is 12.4 Å². The number of nitrogens with zero attached hydrogens (tertiary/aromatic N) is 2. The van der Waals surface area contributed by atoms with E-state index in [-0.39, 0.29) is 18.5 Å². The number of benzene rings is 1. The highest BCUT2D eigenvalue weighted by atomic mass is 35.5. The number of carbonyl (C=O) groups excluding carboxylic acids is 1. The van der Waals surface area contributed by atoms with Crippen LogP contribution in [0.15, 0.2) is 30.3 Å². The van der Waals surface area contributed by atoms with Crippen molar-refractivity contribution in [1.82, 2.24) is 9.80 Å². The van der Waals surface area contributed by atoms with Crippen LogP contribution in [0.5, 0.6) is 0 Å². The largest absolute Gasteiger partial charge is 0.438 e. The molecule has 1 amide bonds. The van der Waals surface area contributed by atoms with Crippen molar-refractivity contribution in [2.45, 2.75) is 18.4 Å². The maximum Gasteiger partial charge on any atom is 0.410 e. The highest BCUT2D eigenvalue weighted by Gasteiger charge is 2.39. The van der Waals surface area contributed by atoms with Crippen molar-refractivity contribution in [2.75, 3.05) is 34.2 Å². The number of rotatable bonds is 2. The van der Waals surface area contributed by atoms with Gasteiger partial charge in [-0.2, -0.15) is 0 Å². The molecule has 1 aromatic rings. The van der Waals surface area contributed by atoms with E-state index in [1.807, 2.05) is 30.3 Å². The first kappa shape index (κ1) is 16.8. The van der Waals surface area contributed by atoms with E-state index < -0.39 is 5.60 Å².